The van der Waals surface area contributed by atoms with Crippen LogP contribution < -0.4 is 5.56 Å². The lowest BCUT2D eigenvalue weighted by molar-refractivity contribution is -0.188. The molecule has 0 unspecified atom stereocenters. The van der Waals surface area contributed by atoms with E-state index < -0.39 is 43.0 Å². The Hall–Kier alpha value is -2.91. The molecule has 1 N–H and O–H groups in total. The van der Waals surface area contributed by atoms with Crippen LogP contribution in [0.2, 0.25) is 0 Å². The highest BCUT2D eigenvalue weighted by molar-refractivity contribution is 5.88. The maximum Gasteiger partial charge on any atom is 0.394 e. The number of aryl methyl sites for hydroxylation is 1. The molecule has 0 aliphatic carbocycles. The predicted molar refractivity (Wildman–Crippen MR) is 87.9 cm³/mol. The van der Waals surface area contributed by atoms with E-state index in [1.54, 1.807) is 24.3 Å². The quantitative estimate of drug-likeness (QED) is 0.860. The number of rotatable bonds is 3. The van der Waals surface area contributed by atoms with Gasteiger partial charge in [-0.3, -0.25) is 14.4 Å². The minimum absolute atomic E-state index is 0.250. The van der Waals surface area contributed by atoms with Crippen molar-refractivity contribution in [2.75, 3.05) is 13.1 Å². The fourth-order valence-electron chi connectivity index (χ4n) is 3.35. The number of benzene rings is 1. The summed E-state index contributed by atoms with van der Waals surface area (Å²) in [5, 5.41) is 13.9. The number of fused-ring (bicyclic) bond motifs is 1. The summed E-state index contributed by atoms with van der Waals surface area (Å²) in [5.74, 6) is -6.05. The van der Waals surface area contributed by atoms with Crippen LogP contribution in [-0.2, 0) is 23.1 Å². The Labute approximate surface area is 151 Å². The standard InChI is InChI=1S/C17H16F3N3O4/c1-22-15(25)10-5-3-2-4-9(10)13(21-22)6-14(24)23-7-11(16(26)27)12(8-23)17(18,19)20/h2-5,11-12H,6-8H2,1H3,(H,26,27)/t11-,12-/m1/s1. The fraction of sp³-hybridized carbons (Fsp3) is 0.412. The molecule has 0 radical (unpaired) electrons. The smallest absolute Gasteiger partial charge is 0.394 e. The molecule has 27 heavy (non-hydrogen) atoms. The van der Waals surface area contributed by atoms with Crippen LogP contribution >= 0.6 is 0 Å². The summed E-state index contributed by atoms with van der Waals surface area (Å²) in [4.78, 5) is 36.7. The number of alkyl halides is 3. The van der Waals surface area contributed by atoms with E-state index in [1.807, 2.05) is 0 Å². The molecule has 2 heterocycles. The molecule has 7 nitrogen and oxygen atoms in total. The Bertz CT molecular complexity index is 970. The maximum absolute atomic E-state index is 13.1. The zero-order valence-corrected chi connectivity index (χ0v) is 14.2. The van der Waals surface area contributed by atoms with Crippen LogP contribution in [0, 0.1) is 11.8 Å². The number of aliphatic carboxylic acids is 1. The van der Waals surface area contributed by atoms with Crippen molar-refractivity contribution < 1.29 is 27.9 Å². The molecule has 1 aliphatic rings. The van der Waals surface area contributed by atoms with Gasteiger partial charge in [-0.25, -0.2) is 4.68 Å². The largest absolute Gasteiger partial charge is 0.481 e. The van der Waals surface area contributed by atoms with E-state index in [2.05, 4.69) is 5.10 Å². The third-order valence-electron chi connectivity index (χ3n) is 4.76. The highest BCUT2D eigenvalue weighted by atomic mass is 19.4. The lowest BCUT2D eigenvalue weighted by Crippen LogP contribution is -2.34. The minimum atomic E-state index is -4.71. The first-order chi connectivity index (χ1) is 12.6. The van der Waals surface area contributed by atoms with E-state index in [9.17, 15) is 27.6 Å². The molecule has 1 aromatic carbocycles. The van der Waals surface area contributed by atoms with E-state index >= 15 is 0 Å². The molecule has 0 saturated carbocycles. The second kappa shape index (κ2) is 6.67. The summed E-state index contributed by atoms with van der Waals surface area (Å²) in [6, 6.07) is 6.49. The van der Waals surface area contributed by atoms with Crippen molar-refractivity contribution in [3.05, 3.63) is 40.3 Å². The molecule has 1 amide bonds. The van der Waals surface area contributed by atoms with Gasteiger partial charge in [-0.2, -0.15) is 18.3 Å². The van der Waals surface area contributed by atoms with E-state index in [0.29, 0.717) is 10.8 Å². The summed E-state index contributed by atoms with van der Waals surface area (Å²) in [7, 11) is 1.42. The number of likely N-dealkylation sites (tertiary alicyclic amines) is 1. The second-order valence-corrected chi connectivity index (χ2v) is 6.49. The number of halogens is 3. The van der Waals surface area contributed by atoms with Crippen molar-refractivity contribution in [3.8, 4) is 0 Å². The zero-order valence-electron chi connectivity index (χ0n) is 14.2. The summed E-state index contributed by atoms with van der Waals surface area (Å²) in [6.07, 6.45) is -5.04. The summed E-state index contributed by atoms with van der Waals surface area (Å²) >= 11 is 0. The van der Waals surface area contributed by atoms with E-state index in [-0.39, 0.29) is 17.7 Å². The molecule has 3 rings (SSSR count). The Morgan fingerprint density at radius 2 is 1.85 bits per heavy atom. The van der Waals surface area contributed by atoms with Crippen LogP contribution in [0.4, 0.5) is 13.2 Å². The number of hydrogen-bond donors (Lipinski definition) is 1. The minimum Gasteiger partial charge on any atom is -0.481 e. The molecule has 1 fully saturated rings. The maximum atomic E-state index is 13.1. The van der Waals surface area contributed by atoms with E-state index in [1.165, 1.54) is 7.05 Å². The van der Waals surface area contributed by atoms with Gasteiger partial charge in [0.2, 0.25) is 5.91 Å². The Morgan fingerprint density at radius 3 is 2.41 bits per heavy atom. The first-order valence-electron chi connectivity index (χ1n) is 8.12. The predicted octanol–water partition coefficient (Wildman–Crippen LogP) is 1.20. The third kappa shape index (κ3) is 3.51. The number of aromatic nitrogens is 2. The SMILES string of the molecule is Cn1nc(CC(=O)N2C[C@@H](C(F)(F)F)[C@H](C(=O)O)C2)c2ccccc2c1=O. The number of hydrogen-bond acceptors (Lipinski definition) is 4. The average molecular weight is 383 g/mol. The summed E-state index contributed by atoms with van der Waals surface area (Å²) in [5.41, 5.74) is -0.105. The fourth-order valence-corrected chi connectivity index (χ4v) is 3.35. The first-order valence-corrected chi connectivity index (χ1v) is 8.12. The lowest BCUT2D eigenvalue weighted by atomic mass is 9.96. The molecule has 1 aliphatic heterocycles. The number of carbonyl (C=O) groups excluding carboxylic acids is 1. The van der Waals surface area contributed by atoms with Gasteiger partial charge in [0.15, 0.2) is 0 Å². The van der Waals surface area contributed by atoms with Crippen molar-refractivity contribution in [1.82, 2.24) is 14.7 Å². The normalized spacial score (nSPS) is 20.2. The number of carboxylic acids is 1. The second-order valence-electron chi connectivity index (χ2n) is 6.49. The zero-order chi connectivity index (χ0) is 19.9. The molecular weight excluding hydrogens is 367 g/mol. The molecule has 144 valence electrons. The molecule has 1 saturated heterocycles. The van der Waals surface area contributed by atoms with Crippen molar-refractivity contribution in [2.24, 2.45) is 18.9 Å². The van der Waals surface area contributed by atoms with Crippen LogP contribution in [0.3, 0.4) is 0 Å². The van der Waals surface area contributed by atoms with Crippen molar-refractivity contribution in [3.63, 3.8) is 0 Å². The van der Waals surface area contributed by atoms with Gasteiger partial charge in [-0.1, -0.05) is 18.2 Å². The van der Waals surface area contributed by atoms with Gasteiger partial charge in [-0.05, 0) is 6.07 Å². The van der Waals surface area contributed by atoms with Gasteiger partial charge in [0.1, 0.15) is 0 Å². The average Bonchev–Trinajstić information content (AvgIpc) is 3.06. The van der Waals surface area contributed by atoms with Crippen LogP contribution in [0.25, 0.3) is 10.8 Å². The highest BCUT2D eigenvalue weighted by Gasteiger charge is 2.53. The van der Waals surface area contributed by atoms with Crippen molar-refractivity contribution >= 4 is 22.6 Å². The number of nitrogens with zero attached hydrogens (tertiary/aromatic N) is 3. The Balaban J connectivity index is 1.89. The summed E-state index contributed by atoms with van der Waals surface area (Å²) in [6.45, 7) is -1.22. The number of carbonyl (C=O) groups is 2. The molecule has 0 bridgehead atoms. The number of carboxylic acid groups (broad SMARTS) is 1. The highest BCUT2D eigenvalue weighted by Crippen LogP contribution is 2.37. The summed E-state index contributed by atoms with van der Waals surface area (Å²) < 4.78 is 40.3. The van der Waals surface area contributed by atoms with E-state index in [4.69, 9.17) is 5.11 Å². The lowest BCUT2D eigenvalue weighted by Gasteiger charge is -2.18. The van der Waals surface area contributed by atoms with Crippen LogP contribution in [0.15, 0.2) is 29.1 Å². The molecule has 2 aromatic rings. The Morgan fingerprint density at radius 1 is 1.22 bits per heavy atom. The molecule has 0 spiro atoms. The van der Waals surface area contributed by atoms with Gasteiger partial charge < -0.3 is 10.0 Å². The van der Waals surface area contributed by atoms with Gasteiger partial charge in [0.25, 0.3) is 5.56 Å². The van der Waals surface area contributed by atoms with Crippen LogP contribution in [0.5, 0.6) is 0 Å². The van der Waals surface area contributed by atoms with Gasteiger partial charge in [0, 0.05) is 25.5 Å². The molecular formula is C17H16F3N3O4. The molecule has 10 heteroatoms. The topological polar surface area (TPSA) is 92.5 Å². The van der Waals surface area contributed by atoms with Gasteiger partial charge in [0.05, 0.1) is 29.3 Å². The molecule has 1 aromatic heterocycles. The third-order valence-corrected chi connectivity index (χ3v) is 4.76. The number of amides is 1. The van der Waals surface area contributed by atoms with Crippen LogP contribution in [-0.4, -0.2) is 50.9 Å². The van der Waals surface area contributed by atoms with Crippen LogP contribution in [0.1, 0.15) is 5.69 Å². The van der Waals surface area contributed by atoms with Crippen molar-refractivity contribution in [1.29, 1.82) is 0 Å². The van der Waals surface area contributed by atoms with E-state index in [0.717, 1.165) is 9.58 Å². The monoisotopic (exact) mass is 383 g/mol. The molecule has 2 atom stereocenters. The van der Waals surface area contributed by atoms with Gasteiger partial charge >= 0.3 is 12.1 Å². The first kappa shape index (κ1) is 18.9. The van der Waals surface area contributed by atoms with Crippen molar-refractivity contribution in [2.45, 2.75) is 12.6 Å². The Kier molecular flexibility index (Phi) is 4.66. The van der Waals surface area contributed by atoms with Gasteiger partial charge in [-0.15, -0.1) is 0 Å².